The van der Waals surface area contributed by atoms with E-state index in [2.05, 4.69) is 0 Å². The largest absolute Gasteiger partial charge is 0.497 e. The van der Waals surface area contributed by atoms with E-state index < -0.39 is 24.4 Å². The molecule has 2 N–H and O–H groups in total. The zero-order valence-corrected chi connectivity index (χ0v) is 15.0. The van der Waals surface area contributed by atoms with Crippen molar-refractivity contribution >= 4 is 0 Å². The molecule has 5 nitrogen and oxygen atoms in total. The van der Waals surface area contributed by atoms with E-state index in [1.807, 2.05) is 24.3 Å². The molecule has 0 aromatic heterocycles. The Labute approximate surface area is 148 Å². The van der Waals surface area contributed by atoms with Gasteiger partial charge in [-0.1, -0.05) is 24.3 Å². The molecule has 0 saturated carbocycles. The molecule has 5 heteroatoms. The first kappa shape index (κ1) is 19.2. The number of benzene rings is 2. The number of hydrogen-bond acceptors (Lipinski definition) is 5. The lowest BCUT2D eigenvalue weighted by atomic mass is 10.0. The van der Waals surface area contributed by atoms with Crippen molar-refractivity contribution in [2.24, 2.45) is 0 Å². The zero-order chi connectivity index (χ0) is 18.4. The summed E-state index contributed by atoms with van der Waals surface area (Å²) in [5.41, 5.74) is 1.55. The van der Waals surface area contributed by atoms with Gasteiger partial charge < -0.3 is 24.4 Å². The van der Waals surface area contributed by atoms with Crippen molar-refractivity contribution in [2.75, 3.05) is 14.2 Å². The van der Waals surface area contributed by atoms with Gasteiger partial charge in [-0.15, -0.1) is 0 Å². The van der Waals surface area contributed by atoms with E-state index in [4.69, 9.17) is 14.2 Å². The number of aliphatic hydroxyl groups excluding tert-OH is 2. The fourth-order valence-corrected chi connectivity index (χ4v) is 2.64. The van der Waals surface area contributed by atoms with E-state index in [1.54, 1.807) is 52.3 Å². The molecule has 0 amide bonds. The van der Waals surface area contributed by atoms with Gasteiger partial charge in [0, 0.05) is 0 Å². The molecule has 2 aromatic rings. The molecule has 0 aliphatic carbocycles. The van der Waals surface area contributed by atoms with Crippen LogP contribution >= 0.6 is 0 Å². The summed E-state index contributed by atoms with van der Waals surface area (Å²) >= 11 is 0. The van der Waals surface area contributed by atoms with Gasteiger partial charge in [-0.05, 0) is 49.2 Å². The Hall–Kier alpha value is -2.08. The first-order chi connectivity index (χ1) is 12.0. The molecule has 0 aliphatic heterocycles. The van der Waals surface area contributed by atoms with Gasteiger partial charge in [-0.25, -0.2) is 0 Å². The molecule has 0 spiro atoms. The van der Waals surface area contributed by atoms with Crippen LogP contribution in [-0.2, 0) is 4.74 Å². The van der Waals surface area contributed by atoms with Crippen molar-refractivity contribution in [1.29, 1.82) is 0 Å². The van der Waals surface area contributed by atoms with Gasteiger partial charge in [0.25, 0.3) is 0 Å². The Bertz CT molecular complexity index is 636. The third-order valence-electron chi connectivity index (χ3n) is 4.15. The molecule has 2 rings (SSSR count). The Morgan fingerprint density at radius 3 is 1.56 bits per heavy atom. The molecule has 0 fully saturated rings. The summed E-state index contributed by atoms with van der Waals surface area (Å²) in [6.07, 6.45) is -2.59. The molecular formula is C20H26O5. The van der Waals surface area contributed by atoms with E-state index in [0.717, 1.165) is 22.6 Å². The molecule has 0 saturated heterocycles. The SMILES string of the molecule is COc1ccc([C@@H](O)[C@H](C)O[C@H](c2ccc(OC)cc2)[C@H](C)O)cc1. The van der Waals surface area contributed by atoms with Gasteiger partial charge in [-0.3, -0.25) is 0 Å². The van der Waals surface area contributed by atoms with Crippen molar-refractivity contribution in [3.8, 4) is 11.5 Å². The molecule has 4 atom stereocenters. The summed E-state index contributed by atoms with van der Waals surface area (Å²) < 4.78 is 16.2. The lowest BCUT2D eigenvalue weighted by Gasteiger charge is -2.28. The first-order valence-electron chi connectivity index (χ1n) is 8.25. The van der Waals surface area contributed by atoms with Crippen LogP contribution in [0.1, 0.15) is 37.2 Å². The highest BCUT2D eigenvalue weighted by Gasteiger charge is 2.25. The van der Waals surface area contributed by atoms with Crippen molar-refractivity contribution in [2.45, 2.75) is 38.3 Å². The topological polar surface area (TPSA) is 68.2 Å². The maximum Gasteiger partial charge on any atom is 0.118 e. The maximum absolute atomic E-state index is 10.5. The van der Waals surface area contributed by atoms with E-state index in [0.29, 0.717) is 0 Å². The van der Waals surface area contributed by atoms with Gasteiger partial charge in [-0.2, -0.15) is 0 Å². The highest BCUT2D eigenvalue weighted by Crippen LogP contribution is 2.29. The van der Waals surface area contributed by atoms with Crippen molar-refractivity contribution in [1.82, 2.24) is 0 Å². The van der Waals surface area contributed by atoms with Gasteiger partial charge in [0.05, 0.1) is 26.4 Å². The summed E-state index contributed by atoms with van der Waals surface area (Å²) in [6, 6.07) is 14.5. The van der Waals surface area contributed by atoms with Gasteiger partial charge in [0.1, 0.15) is 23.7 Å². The maximum atomic E-state index is 10.5. The predicted octanol–water partition coefficient (Wildman–Crippen LogP) is 3.26. The first-order valence-corrected chi connectivity index (χ1v) is 8.25. The normalized spacial score (nSPS) is 15.9. The third kappa shape index (κ3) is 4.95. The zero-order valence-electron chi connectivity index (χ0n) is 15.0. The van der Waals surface area contributed by atoms with Crippen molar-refractivity contribution in [3.05, 3.63) is 59.7 Å². The van der Waals surface area contributed by atoms with E-state index >= 15 is 0 Å². The van der Waals surface area contributed by atoms with Gasteiger partial charge in [0.15, 0.2) is 0 Å². The molecule has 0 unspecified atom stereocenters. The van der Waals surface area contributed by atoms with Crippen LogP contribution in [0.15, 0.2) is 48.5 Å². The van der Waals surface area contributed by atoms with Crippen LogP contribution in [0.2, 0.25) is 0 Å². The molecule has 25 heavy (non-hydrogen) atoms. The standard InChI is InChI=1S/C20H26O5/c1-13(21)20(16-7-11-18(24-4)12-8-16)25-14(2)19(22)15-5-9-17(23-3)10-6-15/h5-14,19-22H,1-4H3/t13-,14-,19-,20-/m0/s1. The molecule has 2 aromatic carbocycles. The van der Waals surface area contributed by atoms with Crippen LogP contribution in [-0.4, -0.2) is 36.6 Å². The van der Waals surface area contributed by atoms with E-state index in [-0.39, 0.29) is 0 Å². The summed E-state index contributed by atoms with van der Waals surface area (Å²) in [6.45, 7) is 3.45. The van der Waals surface area contributed by atoms with Crippen LogP contribution in [0.3, 0.4) is 0 Å². The monoisotopic (exact) mass is 346 g/mol. The summed E-state index contributed by atoms with van der Waals surface area (Å²) in [5.74, 6) is 1.46. The summed E-state index contributed by atoms with van der Waals surface area (Å²) in [5, 5.41) is 20.7. The van der Waals surface area contributed by atoms with Crippen molar-refractivity contribution < 1.29 is 24.4 Å². The van der Waals surface area contributed by atoms with E-state index in [9.17, 15) is 10.2 Å². The minimum atomic E-state index is -0.814. The Morgan fingerprint density at radius 2 is 1.16 bits per heavy atom. The Kier molecular flexibility index (Phi) is 6.82. The van der Waals surface area contributed by atoms with Crippen LogP contribution in [0.5, 0.6) is 11.5 Å². The fourth-order valence-electron chi connectivity index (χ4n) is 2.64. The number of aliphatic hydroxyl groups is 2. The third-order valence-corrected chi connectivity index (χ3v) is 4.15. The minimum Gasteiger partial charge on any atom is -0.497 e. The smallest absolute Gasteiger partial charge is 0.118 e. The lowest BCUT2D eigenvalue weighted by molar-refractivity contribution is -0.108. The minimum absolute atomic E-state index is 0.505. The highest BCUT2D eigenvalue weighted by atomic mass is 16.5. The number of ether oxygens (including phenoxy) is 3. The molecule has 0 radical (unpaired) electrons. The second kappa shape index (κ2) is 8.85. The second-order valence-electron chi connectivity index (χ2n) is 5.99. The summed E-state index contributed by atoms with van der Waals surface area (Å²) in [7, 11) is 3.20. The lowest BCUT2D eigenvalue weighted by Crippen LogP contribution is -2.27. The van der Waals surface area contributed by atoms with Crippen LogP contribution in [0.4, 0.5) is 0 Å². The fraction of sp³-hybridized carbons (Fsp3) is 0.400. The van der Waals surface area contributed by atoms with Crippen LogP contribution < -0.4 is 9.47 Å². The highest BCUT2D eigenvalue weighted by molar-refractivity contribution is 5.30. The molecule has 0 bridgehead atoms. The molecular weight excluding hydrogens is 320 g/mol. The Morgan fingerprint density at radius 1 is 0.720 bits per heavy atom. The predicted molar refractivity (Wildman–Crippen MR) is 95.9 cm³/mol. The van der Waals surface area contributed by atoms with Gasteiger partial charge in [0.2, 0.25) is 0 Å². The van der Waals surface area contributed by atoms with Crippen molar-refractivity contribution in [3.63, 3.8) is 0 Å². The van der Waals surface area contributed by atoms with Gasteiger partial charge >= 0.3 is 0 Å². The second-order valence-corrected chi connectivity index (χ2v) is 5.99. The Balaban J connectivity index is 2.11. The average molecular weight is 346 g/mol. The van der Waals surface area contributed by atoms with Crippen LogP contribution in [0, 0.1) is 0 Å². The quantitative estimate of drug-likeness (QED) is 0.768. The average Bonchev–Trinajstić information content (AvgIpc) is 2.65. The summed E-state index contributed by atoms with van der Waals surface area (Å²) in [4.78, 5) is 0. The molecule has 136 valence electrons. The molecule has 0 aliphatic rings. The number of hydrogen-bond donors (Lipinski definition) is 2. The molecule has 0 heterocycles. The van der Waals surface area contributed by atoms with E-state index in [1.165, 1.54) is 0 Å². The van der Waals surface area contributed by atoms with Crippen LogP contribution in [0.25, 0.3) is 0 Å². The number of methoxy groups -OCH3 is 2. The number of rotatable bonds is 8.